The van der Waals surface area contributed by atoms with E-state index in [2.05, 4.69) is 73.1 Å². The van der Waals surface area contributed by atoms with E-state index < -0.39 is 138 Å². The summed E-state index contributed by atoms with van der Waals surface area (Å²) in [5.41, 5.74) is 9.00. The van der Waals surface area contributed by atoms with Gasteiger partial charge in [-0.3, -0.25) is 57.7 Å². The van der Waals surface area contributed by atoms with Crippen LogP contribution < -0.4 is 58.9 Å². The van der Waals surface area contributed by atoms with Crippen molar-refractivity contribution in [1.29, 1.82) is 0 Å². The number of carbonyl (C=O) groups excluding carboxylic acids is 11. The number of H-pyrrole nitrogens is 2. The largest absolute Gasteiger partial charge is 0.508 e. The number of benzene rings is 5. The maximum atomic E-state index is 15.2. The Morgan fingerprint density at radius 3 is 1.73 bits per heavy atom. The van der Waals surface area contributed by atoms with Gasteiger partial charge in [0.05, 0.1) is 12.9 Å². The molecule has 3 aromatic heterocycles. The number of halogens is 1. The number of hydrogen-bond acceptors (Lipinski definition) is 16. The molecule has 107 heavy (non-hydrogen) atoms. The Hall–Kier alpha value is -12.3. The van der Waals surface area contributed by atoms with Crippen LogP contribution in [0.2, 0.25) is 5.02 Å². The number of imidazole rings is 1. The molecule has 5 aromatic carbocycles. The Morgan fingerprint density at radius 2 is 1.11 bits per heavy atom. The van der Waals surface area contributed by atoms with E-state index in [1.54, 1.807) is 66.9 Å². The van der Waals surface area contributed by atoms with Crippen molar-refractivity contribution in [3.63, 3.8) is 0 Å². The van der Waals surface area contributed by atoms with Crippen LogP contribution in [0.15, 0.2) is 159 Å². The molecule has 1 aliphatic heterocycles. The first kappa shape index (κ1) is 78.9. The summed E-state index contributed by atoms with van der Waals surface area (Å²) in [5.74, 6) is -10.1. The van der Waals surface area contributed by atoms with Crippen LogP contribution in [0.5, 0.6) is 5.75 Å². The summed E-state index contributed by atoms with van der Waals surface area (Å²) in [7, 11) is 0. The fourth-order valence-electron chi connectivity index (χ4n) is 12.5. The number of aromatic amines is 2. The van der Waals surface area contributed by atoms with Crippen LogP contribution in [0.3, 0.4) is 0 Å². The number of aromatic hydroxyl groups is 1. The lowest BCUT2D eigenvalue weighted by Gasteiger charge is -2.31. The summed E-state index contributed by atoms with van der Waals surface area (Å²) in [6.07, 6.45) is 6.26. The van der Waals surface area contributed by atoms with Crippen LogP contribution in [-0.2, 0) is 91.3 Å². The number of carboxylic acids is 1. The van der Waals surface area contributed by atoms with Crippen molar-refractivity contribution in [3.05, 3.63) is 197 Å². The van der Waals surface area contributed by atoms with Gasteiger partial charge < -0.3 is 89.1 Å². The molecule has 0 spiro atoms. The maximum Gasteiger partial charge on any atom is 0.325 e. The Balaban J connectivity index is 0.962. The molecule has 8 aromatic rings. The molecule has 0 saturated carbocycles. The first-order valence-corrected chi connectivity index (χ1v) is 35.0. The number of urea groups is 1. The van der Waals surface area contributed by atoms with E-state index in [0.717, 1.165) is 10.8 Å². The SMILES string of the molecule is CC(=O)N[C@H](Cc1ccc2ccccc2c1)C(=O)N[C@H](Cc1ccc(Cl)cc1)C(=O)N[C@H](Cc1cccnc1)C(=O)N[C@@H](CO)C(=O)N[C@@H](Cc1cnc[nH]1)C(=O)N[C@H](CCCNC(N)=O)C(=O)N[C@@H](Cc1c[nH]c2ccccc12)C(=O)N[C@@H](Cc1ccc(O)cc1)C(=O)N1CCC[C@H]1C(=O)N[C@H](C)C(=O)O. The van der Waals surface area contributed by atoms with E-state index in [1.807, 2.05) is 42.5 Å². The lowest BCUT2D eigenvalue weighted by atomic mass is 9.99. The van der Waals surface area contributed by atoms with Gasteiger partial charge in [0.25, 0.3) is 0 Å². The number of carbonyl (C=O) groups is 12. The van der Waals surface area contributed by atoms with Crippen molar-refractivity contribution >= 4 is 104 Å². The number of nitrogens with zero attached hydrogens (tertiary/aromatic N) is 3. The number of nitrogens with one attached hydrogen (secondary N) is 12. The van der Waals surface area contributed by atoms with Gasteiger partial charge in [0.2, 0.25) is 59.1 Å². The predicted octanol–water partition coefficient (Wildman–Crippen LogP) is 1.47. The smallest absolute Gasteiger partial charge is 0.325 e. The molecule has 12 amide bonds. The molecule has 31 nitrogen and oxygen atoms in total. The van der Waals surface area contributed by atoms with Gasteiger partial charge in [-0.05, 0) is 108 Å². The summed E-state index contributed by atoms with van der Waals surface area (Å²) in [4.78, 5) is 184. The van der Waals surface area contributed by atoms with Crippen molar-refractivity contribution in [2.75, 3.05) is 19.7 Å². The van der Waals surface area contributed by atoms with Gasteiger partial charge in [-0.1, -0.05) is 103 Å². The number of aromatic nitrogens is 4. The quantitative estimate of drug-likeness (QED) is 0.0247. The fraction of sp³-hybridized carbons (Fsp3) is 0.333. The van der Waals surface area contributed by atoms with Crippen LogP contribution in [0.1, 0.15) is 73.0 Å². The Morgan fingerprint density at radius 1 is 0.570 bits per heavy atom. The second-order valence-electron chi connectivity index (χ2n) is 26.1. The summed E-state index contributed by atoms with van der Waals surface area (Å²) in [5, 5.41) is 59.9. The van der Waals surface area contributed by atoms with Crippen LogP contribution in [-0.4, -0.2) is 191 Å². The molecular formula is C75H85ClN16O15. The molecule has 0 unspecified atom stereocenters. The number of pyridine rings is 1. The number of para-hydroxylation sites is 1. The number of rotatable bonds is 36. The lowest BCUT2D eigenvalue weighted by Crippen LogP contribution is -2.62. The number of nitrogens with two attached hydrogens (primary N) is 1. The highest BCUT2D eigenvalue weighted by Gasteiger charge is 2.41. The maximum absolute atomic E-state index is 15.2. The molecule has 1 aliphatic rings. The molecule has 0 aliphatic carbocycles. The van der Waals surface area contributed by atoms with Gasteiger partial charge in [-0.25, -0.2) is 9.78 Å². The highest BCUT2D eigenvalue weighted by Crippen LogP contribution is 2.24. The third kappa shape index (κ3) is 22.9. The van der Waals surface area contributed by atoms with Crippen molar-refractivity contribution in [3.8, 4) is 5.75 Å². The van der Waals surface area contributed by atoms with Crippen LogP contribution in [0.4, 0.5) is 4.79 Å². The summed E-state index contributed by atoms with van der Waals surface area (Å²) >= 11 is 6.24. The van der Waals surface area contributed by atoms with Gasteiger partial charge in [0, 0.05) is 105 Å². The molecule has 562 valence electrons. The van der Waals surface area contributed by atoms with Gasteiger partial charge in [-0.15, -0.1) is 0 Å². The molecule has 0 bridgehead atoms. The first-order valence-electron chi connectivity index (χ1n) is 34.7. The molecule has 32 heteroatoms. The molecule has 0 radical (unpaired) electrons. The Labute approximate surface area is 619 Å². The molecule has 9 rings (SSSR count). The third-order valence-corrected chi connectivity index (χ3v) is 18.3. The minimum atomic E-state index is -1.85. The number of fused-ring (bicyclic) bond motifs is 2. The zero-order valence-corrected chi connectivity index (χ0v) is 59.3. The average molecular weight is 1490 g/mol. The number of hydrogen-bond donors (Lipinski definition) is 16. The minimum absolute atomic E-state index is 0.0233. The van der Waals surface area contributed by atoms with Crippen molar-refractivity contribution in [2.24, 2.45) is 5.73 Å². The zero-order valence-electron chi connectivity index (χ0n) is 58.5. The first-order chi connectivity index (χ1) is 51.4. The van der Waals surface area contributed by atoms with E-state index in [-0.39, 0.29) is 82.3 Å². The zero-order chi connectivity index (χ0) is 76.7. The summed E-state index contributed by atoms with van der Waals surface area (Å²) < 4.78 is 0. The van der Waals surface area contributed by atoms with E-state index in [1.165, 1.54) is 67.9 Å². The number of aliphatic hydroxyl groups is 1. The molecular weight excluding hydrogens is 1400 g/mol. The van der Waals surface area contributed by atoms with E-state index in [9.17, 15) is 63.3 Å². The number of aliphatic carboxylic acids is 1. The van der Waals surface area contributed by atoms with Crippen molar-refractivity contribution < 1.29 is 72.9 Å². The number of phenolic OH excluding ortho intramolecular Hbond substituents is 1. The molecule has 17 N–H and O–H groups in total. The average Bonchev–Trinajstić information content (AvgIpc) is 1.76. The third-order valence-electron chi connectivity index (χ3n) is 18.0. The minimum Gasteiger partial charge on any atom is -0.508 e. The Kier molecular flexibility index (Phi) is 28.0. The number of aliphatic hydroxyl groups excluding tert-OH is 1. The van der Waals surface area contributed by atoms with E-state index in [0.29, 0.717) is 50.2 Å². The Bertz CT molecular complexity index is 4470. The second-order valence-corrected chi connectivity index (χ2v) is 26.5. The molecule has 1 saturated heterocycles. The van der Waals surface area contributed by atoms with Gasteiger partial charge >= 0.3 is 12.0 Å². The lowest BCUT2D eigenvalue weighted by molar-refractivity contribution is -0.144. The topological polar surface area (TPSA) is 472 Å². The predicted molar refractivity (Wildman–Crippen MR) is 392 cm³/mol. The number of phenols is 1. The number of carboxylic acid groups (broad SMARTS) is 1. The standard InChI is InChI=1S/C75H85ClN16O15/c1-42(74(105)106)83-72(103)64-16-9-29-92(64)73(104)62(32-45-20-25-53(95)26-21-45)90-69(100)60(35-50-38-81-55-14-6-5-13-54(50)55)88-65(96)56(15-8-28-80-75(77)107)85-70(101)61(36-52-39-79-41-82-52)89-71(102)63(40-93)91-68(99)59(34-47-10-7-27-78-37-47)87-67(98)58(31-44-18-23-51(76)24-19-44)86-66(97)57(84-43(2)94)33-46-17-22-48-11-3-4-12-49(48)30-46/h3-7,10-14,17-27,30,37-39,41-42,56-64,81,93,95H,8-9,15-16,28-29,31-36,40H2,1-2H3,(H,79,82)(H,83,103)(H,84,94)(H,85,101)(H,86,97)(H,87,98)(H,88,96)(H,89,102)(H,90,100)(H,91,99)(H,105,106)(H3,77,80,107)/t42-,56-,57-,58-,59-,60+,61+,62+,63+,64+/m1/s1. The number of amides is 12. The fourth-order valence-corrected chi connectivity index (χ4v) is 12.6. The second kappa shape index (κ2) is 38.0. The highest BCUT2D eigenvalue weighted by atomic mass is 35.5. The van der Waals surface area contributed by atoms with Crippen molar-refractivity contribution in [1.82, 2.24) is 78.0 Å². The molecule has 10 atom stereocenters. The van der Waals surface area contributed by atoms with Crippen molar-refractivity contribution in [2.45, 2.75) is 138 Å². The molecule has 4 heterocycles. The highest BCUT2D eigenvalue weighted by molar-refractivity contribution is 6.30. The monoisotopic (exact) mass is 1480 g/mol. The summed E-state index contributed by atoms with van der Waals surface area (Å²) in [6, 6.07) is 20.1. The number of likely N-dealkylation sites (tertiary alicyclic amines) is 1. The van der Waals surface area contributed by atoms with Gasteiger partial charge in [-0.2, -0.15) is 0 Å². The van der Waals surface area contributed by atoms with Gasteiger partial charge in [0.1, 0.15) is 66.2 Å². The molecule has 1 fully saturated rings. The normalized spacial score (nSPS) is 15.1. The number of primary amides is 1. The van der Waals surface area contributed by atoms with E-state index >= 15 is 9.59 Å². The van der Waals surface area contributed by atoms with Gasteiger partial charge in [0.15, 0.2) is 0 Å². The van der Waals surface area contributed by atoms with Crippen LogP contribution in [0.25, 0.3) is 21.7 Å². The van der Waals surface area contributed by atoms with E-state index in [4.69, 9.17) is 17.3 Å². The summed E-state index contributed by atoms with van der Waals surface area (Å²) in [6.45, 7) is 1.38. The van der Waals surface area contributed by atoms with Crippen LogP contribution in [0, 0.1) is 0 Å². The van der Waals surface area contributed by atoms with Crippen LogP contribution >= 0.6 is 11.6 Å².